The summed E-state index contributed by atoms with van der Waals surface area (Å²) in [5, 5.41) is 17.2. The normalized spacial score (nSPS) is 17.1. The van der Waals surface area contributed by atoms with Gasteiger partial charge in [-0.15, -0.1) is 0 Å². The molecule has 1 fully saturated rings. The van der Waals surface area contributed by atoms with Crippen LogP contribution in [0.25, 0.3) is 0 Å². The Balaban J connectivity index is 0.000000187. The maximum atomic E-state index is 10.2. The Hall–Kier alpha value is -2.04. The van der Waals surface area contributed by atoms with Gasteiger partial charge >= 0.3 is 11.9 Å². The molecule has 1 unspecified atom stereocenters. The average Bonchev–Trinajstić information content (AvgIpc) is 2.80. The van der Waals surface area contributed by atoms with Crippen molar-refractivity contribution in [1.29, 1.82) is 0 Å². The molecule has 1 atom stereocenters. The zero-order valence-electron chi connectivity index (χ0n) is 8.01. The molecule has 1 aromatic carbocycles. The number of rotatable bonds is 1. The van der Waals surface area contributed by atoms with E-state index in [9.17, 15) is 9.59 Å². The summed E-state index contributed by atoms with van der Waals surface area (Å²) in [6.07, 6.45) is -0.0880. The number of benzene rings is 1. The van der Waals surface area contributed by atoms with E-state index in [1.165, 1.54) is 24.3 Å². The largest absolute Gasteiger partial charge is 0.508 e. The van der Waals surface area contributed by atoms with Gasteiger partial charge < -0.3 is 14.9 Å². The Morgan fingerprint density at radius 3 is 2.27 bits per heavy atom. The molecule has 1 aromatic rings. The van der Waals surface area contributed by atoms with Crippen molar-refractivity contribution in [3.8, 4) is 5.75 Å². The van der Waals surface area contributed by atoms with Crippen molar-refractivity contribution in [3.63, 3.8) is 0 Å². The standard InChI is InChI=1S/C7H6O3.C3H4O2/c8-6-3-1-2-5(4-6)7(9)10;1-2-3(4)5-2/h1-4,8H,(H,9,10);2H,1H3. The summed E-state index contributed by atoms with van der Waals surface area (Å²) in [5.41, 5.74) is 0.0972. The van der Waals surface area contributed by atoms with Crippen LogP contribution < -0.4 is 0 Å². The number of hydrogen-bond donors (Lipinski definition) is 2. The first-order chi connectivity index (χ1) is 7.00. The Bertz CT molecular complexity index is 385. The van der Waals surface area contributed by atoms with E-state index in [4.69, 9.17) is 10.2 Å². The first-order valence-electron chi connectivity index (χ1n) is 4.23. The summed E-state index contributed by atoms with van der Waals surface area (Å²) in [7, 11) is 0. The van der Waals surface area contributed by atoms with Gasteiger partial charge in [-0.3, -0.25) is 0 Å². The van der Waals surface area contributed by atoms with Crippen molar-refractivity contribution in [2.24, 2.45) is 0 Å². The van der Waals surface area contributed by atoms with Crippen LogP contribution in [0.2, 0.25) is 0 Å². The molecule has 1 aliphatic heterocycles. The van der Waals surface area contributed by atoms with E-state index in [1.807, 2.05) is 0 Å². The maximum Gasteiger partial charge on any atom is 0.347 e. The van der Waals surface area contributed by atoms with Gasteiger partial charge in [-0.25, -0.2) is 9.59 Å². The first kappa shape index (κ1) is 11.0. The Morgan fingerprint density at radius 2 is 2.00 bits per heavy atom. The number of aromatic hydroxyl groups is 1. The number of aromatic carboxylic acids is 1. The maximum absolute atomic E-state index is 10.2. The second kappa shape index (κ2) is 4.45. The Labute approximate surface area is 85.9 Å². The van der Waals surface area contributed by atoms with Gasteiger partial charge in [0.05, 0.1) is 5.56 Å². The fourth-order valence-corrected chi connectivity index (χ4v) is 0.779. The van der Waals surface area contributed by atoms with Gasteiger partial charge in [-0.2, -0.15) is 0 Å². The van der Waals surface area contributed by atoms with E-state index in [2.05, 4.69) is 4.74 Å². The van der Waals surface area contributed by atoms with Crippen molar-refractivity contribution in [2.75, 3.05) is 0 Å². The Kier molecular flexibility index (Phi) is 3.28. The van der Waals surface area contributed by atoms with Gasteiger partial charge in [0.15, 0.2) is 6.10 Å². The fraction of sp³-hybridized carbons (Fsp3) is 0.200. The Morgan fingerprint density at radius 1 is 1.47 bits per heavy atom. The number of cyclic esters (lactones) is 1. The fourth-order valence-electron chi connectivity index (χ4n) is 0.779. The van der Waals surface area contributed by atoms with Gasteiger partial charge in [0.25, 0.3) is 0 Å². The number of carboxylic acids is 1. The molecule has 2 N–H and O–H groups in total. The van der Waals surface area contributed by atoms with Crippen molar-refractivity contribution >= 4 is 11.9 Å². The van der Waals surface area contributed by atoms with E-state index in [0.29, 0.717) is 0 Å². The molecule has 5 heteroatoms. The summed E-state index contributed by atoms with van der Waals surface area (Å²) in [5.74, 6) is -1.14. The number of ether oxygens (including phenoxy) is 1. The molecule has 5 nitrogen and oxygen atoms in total. The number of hydrogen-bond acceptors (Lipinski definition) is 4. The highest BCUT2D eigenvalue weighted by atomic mass is 16.6. The predicted molar refractivity (Wildman–Crippen MR) is 50.6 cm³/mol. The average molecular weight is 210 g/mol. The smallest absolute Gasteiger partial charge is 0.347 e. The van der Waals surface area contributed by atoms with E-state index in [-0.39, 0.29) is 23.4 Å². The lowest BCUT2D eigenvalue weighted by atomic mass is 10.2. The minimum Gasteiger partial charge on any atom is -0.508 e. The quantitative estimate of drug-likeness (QED) is 0.676. The third kappa shape index (κ3) is 3.68. The lowest BCUT2D eigenvalue weighted by molar-refractivity contribution is -0.117. The van der Waals surface area contributed by atoms with Crippen LogP contribution in [0.1, 0.15) is 17.3 Å². The van der Waals surface area contributed by atoms with Crippen molar-refractivity contribution < 1.29 is 24.5 Å². The van der Waals surface area contributed by atoms with Crippen LogP contribution in [-0.2, 0) is 9.53 Å². The number of carbonyl (C=O) groups is 2. The third-order valence-electron chi connectivity index (χ3n) is 1.66. The summed E-state index contributed by atoms with van der Waals surface area (Å²) in [4.78, 5) is 19.9. The summed E-state index contributed by atoms with van der Waals surface area (Å²) >= 11 is 0. The zero-order valence-corrected chi connectivity index (χ0v) is 8.01. The van der Waals surface area contributed by atoms with Crippen LogP contribution in [-0.4, -0.2) is 28.3 Å². The number of epoxide rings is 1. The molecule has 1 heterocycles. The van der Waals surface area contributed by atoms with Gasteiger partial charge in [0, 0.05) is 0 Å². The summed E-state index contributed by atoms with van der Waals surface area (Å²) in [6, 6.07) is 5.52. The van der Waals surface area contributed by atoms with Gasteiger partial charge in [-0.05, 0) is 25.1 Å². The molecule has 1 aliphatic rings. The van der Waals surface area contributed by atoms with Gasteiger partial charge in [0.1, 0.15) is 5.75 Å². The van der Waals surface area contributed by atoms with Gasteiger partial charge in [0.2, 0.25) is 0 Å². The second-order valence-corrected chi connectivity index (χ2v) is 2.93. The van der Waals surface area contributed by atoms with Crippen molar-refractivity contribution in [1.82, 2.24) is 0 Å². The van der Waals surface area contributed by atoms with Crippen LogP contribution >= 0.6 is 0 Å². The van der Waals surface area contributed by atoms with E-state index >= 15 is 0 Å². The molecule has 80 valence electrons. The van der Waals surface area contributed by atoms with E-state index in [1.54, 1.807) is 6.92 Å². The molecular weight excluding hydrogens is 200 g/mol. The highest BCUT2D eigenvalue weighted by molar-refractivity contribution is 5.88. The van der Waals surface area contributed by atoms with Crippen LogP contribution in [0, 0.1) is 0 Å². The number of phenolic OH excluding ortho intramolecular Hbond substituents is 1. The molecule has 2 rings (SSSR count). The zero-order chi connectivity index (χ0) is 11.4. The number of phenols is 1. The molecule has 0 aliphatic carbocycles. The van der Waals surface area contributed by atoms with E-state index in [0.717, 1.165) is 0 Å². The molecule has 0 saturated carbocycles. The molecule has 15 heavy (non-hydrogen) atoms. The number of carbonyl (C=O) groups excluding carboxylic acids is 1. The lowest BCUT2D eigenvalue weighted by Gasteiger charge is -1.92. The van der Waals surface area contributed by atoms with Crippen molar-refractivity contribution in [2.45, 2.75) is 13.0 Å². The summed E-state index contributed by atoms with van der Waals surface area (Å²) in [6.45, 7) is 1.72. The van der Waals surface area contributed by atoms with Crippen LogP contribution in [0.15, 0.2) is 24.3 Å². The molecule has 0 spiro atoms. The summed E-state index contributed by atoms with van der Waals surface area (Å²) < 4.78 is 4.28. The topological polar surface area (TPSA) is 87.1 Å². The number of carboxylic acid groups (broad SMARTS) is 1. The van der Waals surface area contributed by atoms with Crippen molar-refractivity contribution in [3.05, 3.63) is 29.8 Å². The van der Waals surface area contributed by atoms with Crippen LogP contribution in [0.4, 0.5) is 0 Å². The minimum absolute atomic E-state index is 0.0279. The highest BCUT2D eigenvalue weighted by Crippen LogP contribution is 2.10. The van der Waals surface area contributed by atoms with Crippen LogP contribution in [0.3, 0.4) is 0 Å². The first-order valence-corrected chi connectivity index (χ1v) is 4.23. The van der Waals surface area contributed by atoms with Gasteiger partial charge in [-0.1, -0.05) is 6.07 Å². The molecule has 0 radical (unpaired) electrons. The molecule has 1 saturated heterocycles. The second-order valence-electron chi connectivity index (χ2n) is 2.93. The van der Waals surface area contributed by atoms with Crippen LogP contribution in [0.5, 0.6) is 5.75 Å². The monoisotopic (exact) mass is 210 g/mol. The predicted octanol–water partition coefficient (Wildman–Crippen LogP) is 1.02. The lowest BCUT2D eigenvalue weighted by Crippen LogP contribution is -1.94. The molecule has 0 amide bonds. The SMILES string of the molecule is CC1OC1=O.O=C(O)c1cccc(O)c1. The molecular formula is C10H10O5. The highest BCUT2D eigenvalue weighted by Gasteiger charge is 2.31. The van der Waals surface area contributed by atoms with E-state index < -0.39 is 5.97 Å². The molecule has 0 bridgehead atoms. The third-order valence-corrected chi connectivity index (χ3v) is 1.66. The molecule has 0 aromatic heterocycles. The minimum atomic E-state index is -1.03.